The molecule has 150 valence electrons. The highest BCUT2D eigenvalue weighted by Crippen LogP contribution is 2.25. The predicted molar refractivity (Wildman–Crippen MR) is 108 cm³/mol. The summed E-state index contributed by atoms with van der Waals surface area (Å²) in [7, 11) is -3.52. The van der Waals surface area contributed by atoms with Crippen LogP contribution >= 0.6 is 0 Å². The zero-order chi connectivity index (χ0) is 20.3. The molecule has 1 aromatic heterocycles. The van der Waals surface area contributed by atoms with E-state index in [1.165, 1.54) is 4.31 Å². The minimum absolute atomic E-state index is 0.0404. The number of aromatic nitrogens is 1. The van der Waals surface area contributed by atoms with E-state index in [1.54, 1.807) is 18.3 Å². The summed E-state index contributed by atoms with van der Waals surface area (Å²) >= 11 is 0. The van der Waals surface area contributed by atoms with Crippen LogP contribution in [0.15, 0.2) is 47.5 Å². The minimum Gasteiger partial charge on any atom is -0.348 e. The van der Waals surface area contributed by atoms with Crippen LogP contribution in [0.3, 0.4) is 0 Å². The van der Waals surface area contributed by atoms with Crippen molar-refractivity contribution in [2.24, 2.45) is 5.92 Å². The number of piperidine rings is 1. The molecule has 2 heterocycles. The first kappa shape index (κ1) is 20.5. The molecule has 1 saturated heterocycles. The highest BCUT2D eigenvalue weighted by atomic mass is 32.2. The van der Waals surface area contributed by atoms with Crippen molar-refractivity contribution in [3.05, 3.63) is 59.4 Å². The highest BCUT2D eigenvalue weighted by Gasteiger charge is 2.32. The largest absolute Gasteiger partial charge is 0.348 e. The molecule has 2 aromatic rings. The van der Waals surface area contributed by atoms with Crippen molar-refractivity contribution in [3.8, 4) is 0 Å². The van der Waals surface area contributed by atoms with E-state index in [9.17, 15) is 13.2 Å². The fraction of sp³-hybridized carbons (Fsp3) is 0.429. The van der Waals surface area contributed by atoms with Crippen molar-refractivity contribution in [2.45, 2.75) is 44.6 Å². The molecule has 1 fully saturated rings. The van der Waals surface area contributed by atoms with Crippen molar-refractivity contribution in [1.29, 1.82) is 0 Å². The van der Waals surface area contributed by atoms with Crippen LogP contribution in [0, 0.1) is 19.8 Å². The summed E-state index contributed by atoms with van der Waals surface area (Å²) in [6.07, 6.45) is 2.74. The van der Waals surface area contributed by atoms with Crippen molar-refractivity contribution in [2.75, 3.05) is 13.1 Å². The second-order valence-corrected chi connectivity index (χ2v) is 9.35. The smallest absolute Gasteiger partial charge is 0.243 e. The molecule has 0 bridgehead atoms. The van der Waals surface area contributed by atoms with Crippen LogP contribution in [0.4, 0.5) is 0 Å². The van der Waals surface area contributed by atoms with E-state index in [4.69, 9.17) is 0 Å². The van der Waals surface area contributed by atoms with Crippen molar-refractivity contribution in [3.63, 3.8) is 0 Å². The second-order valence-electron chi connectivity index (χ2n) is 7.41. The average Bonchev–Trinajstić information content (AvgIpc) is 2.70. The SMILES string of the molecule is Cc1ccc(S(=O)(=O)N2CCC(C(=O)NC(C)c3ccccn3)CC2)cc1C. The summed E-state index contributed by atoms with van der Waals surface area (Å²) in [5.74, 6) is -0.223. The second kappa shape index (κ2) is 8.41. The number of hydrogen-bond acceptors (Lipinski definition) is 4. The van der Waals surface area contributed by atoms with Crippen molar-refractivity contribution in [1.82, 2.24) is 14.6 Å². The number of pyridine rings is 1. The maximum Gasteiger partial charge on any atom is 0.243 e. The van der Waals surface area contributed by atoms with E-state index in [2.05, 4.69) is 10.3 Å². The van der Waals surface area contributed by atoms with Crippen LogP contribution in [0.5, 0.6) is 0 Å². The first-order valence-corrected chi connectivity index (χ1v) is 11.0. The van der Waals surface area contributed by atoms with Gasteiger partial charge >= 0.3 is 0 Å². The molecular weight excluding hydrogens is 374 g/mol. The fourth-order valence-corrected chi connectivity index (χ4v) is 4.97. The summed E-state index contributed by atoms with van der Waals surface area (Å²) in [6, 6.07) is 10.6. The number of amides is 1. The lowest BCUT2D eigenvalue weighted by atomic mass is 9.97. The van der Waals surface area contributed by atoms with Crippen LogP contribution in [0.2, 0.25) is 0 Å². The van der Waals surface area contributed by atoms with Gasteiger partial charge in [0.2, 0.25) is 15.9 Å². The summed E-state index contributed by atoms with van der Waals surface area (Å²) in [5.41, 5.74) is 2.83. The van der Waals surface area contributed by atoms with E-state index >= 15 is 0 Å². The Morgan fingerprint density at radius 3 is 2.46 bits per heavy atom. The number of sulfonamides is 1. The zero-order valence-electron chi connectivity index (χ0n) is 16.6. The van der Waals surface area contributed by atoms with E-state index in [-0.39, 0.29) is 17.9 Å². The molecule has 1 aliphatic rings. The number of rotatable bonds is 5. The molecule has 1 amide bonds. The Hall–Kier alpha value is -2.25. The number of carbonyl (C=O) groups is 1. The average molecular weight is 402 g/mol. The standard InChI is InChI=1S/C21H27N3O3S/c1-15-7-8-19(14-16(15)2)28(26,27)24-12-9-18(10-13-24)21(25)23-17(3)20-6-4-5-11-22-20/h4-8,11,14,17-18H,9-10,12-13H2,1-3H3,(H,23,25). The number of benzene rings is 1. The number of nitrogens with zero attached hydrogens (tertiary/aromatic N) is 2. The Morgan fingerprint density at radius 2 is 1.86 bits per heavy atom. The van der Waals surface area contributed by atoms with Gasteiger partial charge in [0.05, 0.1) is 16.6 Å². The highest BCUT2D eigenvalue weighted by molar-refractivity contribution is 7.89. The lowest BCUT2D eigenvalue weighted by Crippen LogP contribution is -2.43. The summed E-state index contributed by atoms with van der Waals surface area (Å²) in [4.78, 5) is 17.2. The van der Waals surface area contributed by atoms with Gasteiger partial charge in [0.1, 0.15) is 0 Å². The third-order valence-electron chi connectivity index (χ3n) is 5.43. The molecule has 3 rings (SSSR count). The first-order valence-electron chi connectivity index (χ1n) is 9.57. The number of hydrogen-bond donors (Lipinski definition) is 1. The monoisotopic (exact) mass is 401 g/mol. The number of carbonyl (C=O) groups excluding carboxylic acids is 1. The van der Waals surface area contributed by atoms with Crippen LogP contribution in [0.1, 0.15) is 42.6 Å². The normalized spacial score (nSPS) is 17.2. The molecule has 28 heavy (non-hydrogen) atoms. The lowest BCUT2D eigenvalue weighted by Gasteiger charge is -2.31. The van der Waals surface area contributed by atoms with Crippen molar-refractivity contribution < 1.29 is 13.2 Å². The first-order chi connectivity index (χ1) is 13.3. The molecule has 1 N–H and O–H groups in total. The molecule has 1 unspecified atom stereocenters. The van der Waals surface area contributed by atoms with Gasteiger partial charge in [-0.15, -0.1) is 0 Å². The van der Waals surface area contributed by atoms with Gasteiger partial charge in [0, 0.05) is 25.2 Å². The molecule has 1 aromatic carbocycles. The van der Waals surface area contributed by atoms with Gasteiger partial charge in [-0.2, -0.15) is 4.31 Å². The quantitative estimate of drug-likeness (QED) is 0.835. The Kier molecular flexibility index (Phi) is 6.15. The van der Waals surface area contributed by atoms with Gasteiger partial charge in [-0.3, -0.25) is 9.78 Å². The van der Waals surface area contributed by atoms with Gasteiger partial charge in [0.15, 0.2) is 0 Å². The van der Waals surface area contributed by atoms with E-state index < -0.39 is 10.0 Å². The Balaban J connectivity index is 1.60. The molecule has 0 radical (unpaired) electrons. The van der Waals surface area contributed by atoms with Crippen LogP contribution in [0.25, 0.3) is 0 Å². The lowest BCUT2D eigenvalue weighted by molar-refractivity contribution is -0.126. The van der Waals surface area contributed by atoms with Gasteiger partial charge in [-0.1, -0.05) is 12.1 Å². The van der Waals surface area contributed by atoms with E-state index in [1.807, 2.05) is 45.0 Å². The molecule has 0 aliphatic carbocycles. The molecular formula is C21H27N3O3S. The van der Waals surface area contributed by atoms with Crippen molar-refractivity contribution >= 4 is 15.9 Å². The summed E-state index contributed by atoms with van der Waals surface area (Å²) in [5, 5.41) is 3.00. The third kappa shape index (κ3) is 4.42. The van der Waals surface area contributed by atoms with Gasteiger partial charge in [0.25, 0.3) is 0 Å². The van der Waals surface area contributed by atoms with Crippen LogP contribution in [-0.4, -0.2) is 36.7 Å². The Labute approximate surface area is 167 Å². The molecule has 6 nitrogen and oxygen atoms in total. The molecule has 1 aliphatic heterocycles. The van der Waals surface area contributed by atoms with Crippen LogP contribution < -0.4 is 5.32 Å². The van der Waals surface area contributed by atoms with Gasteiger partial charge in [-0.05, 0) is 69.0 Å². The third-order valence-corrected chi connectivity index (χ3v) is 7.33. The summed E-state index contributed by atoms with van der Waals surface area (Å²) < 4.78 is 27.3. The maximum atomic E-state index is 12.9. The van der Waals surface area contributed by atoms with Crippen LogP contribution in [-0.2, 0) is 14.8 Å². The Morgan fingerprint density at radius 1 is 1.14 bits per heavy atom. The van der Waals surface area contributed by atoms with E-state index in [0.717, 1.165) is 16.8 Å². The molecule has 1 atom stereocenters. The summed E-state index contributed by atoms with van der Waals surface area (Å²) in [6.45, 7) is 6.48. The molecule has 0 saturated carbocycles. The van der Waals surface area contributed by atoms with Gasteiger partial charge in [-0.25, -0.2) is 8.42 Å². The number of nitrogens with one attached hydrogen (secondary N) is 1. The van der Waals surface area contributed by atoms with Gasteiger partial charge < -0.3 is 5.32 Å². The maximum absolute atomic E-state index is 12.9. The molecule has 0 spiro atoms. The Bertz CT molecular complexity index is 937. The zero-order valence-corrected chi connectivity index (χ0v) is 17.4. The number of aryl methyl sites for hydroxylation is 2. The van der Waals surface area contributed by atoms with E-state index in [0.29, 0.717) is 30.8 Å². The topological polar surface area (TPSA) is 79.4 Å². The predicted octanol–water partition coefficient (Wildman–Crippen LogP) is 2.98. The molecule has 7 heteroatoms. The minimum atomic E-state index is -3.52. The fourth-order valence-electron chi connectivity index (χ4n) is 3.42.